The molecule has 1 rings (SSSR count). The second-order valence-corrected chi connectivity index (χ2v) is 3.11. The van der Waals surface area contributed by atoms with Gasteiger partial charge in [-0.2, -0.15) is 0 Å². The third-order valence-electron chi connectivity index (χ3n) is 1.37. The zero-order valence-electron chi connectivity index (χ0n) is 7.26. The summed E-state index contributed by atoms with van der Waals surface area (Å²) in [5.41, 5.74) is 0.927. The average molecular weight is 149 g/mol. The minimum atomic E-state index is 0.622. The highest BCUT2D eigenvalue weighted by Gasteiger charge is 1.99. The number of hydrogen-bond donors (Lipinski definition) is 0. The molecule has 0 unspecified atom stereocenters. The molecule has 1 aromatic heterocycles. The second-order valence-electron chi connectivity index (χ2n) is 3.11. The summed E-state index contributed by atoms with van der Waals surface area (Å²) >= 11 is 0. The van der Waals surface area contributed by atoms with Crippen LogP contribution in [0.4, 0.5) is 0 Å². The Morgan fingerprint density at radius 3 is 2.82 bits per heavy atom. The lowest BCUT2D eigenvalue weighted by Crippen LogP contribution is -2.00. The van der Waals surface area contributed by atoms with Gasteiger partial charge in [-0.15, -0.1) is 0 Å². The lowest BCUT2D eigenvalue weighted by atomic mass is 10.1. The van der Waals surface area contributed by atoms with Gasteiger partial charge in [0.15, 0.2) is 0 Å². The van der Waals surface area contributed by atoms with E-state index in [4.69, 9.17) is 0 Å². The molecule has 2 heteroatoms. The summed E-state index contributed by atoms with van der Waals surface area (Å²) in [7, 11) is 0. The summed E-state index contributed by atoms with van der Waals surface area (Å²) in [6, 6.07) is 2.92. The largest absolute Gasteiger partial charge is 0.241 e. The van der Waals surface area contributed by atoms with Crippen molar-refractivity contribution in [3.05, 3.63) is 23.8 Å². The van der Waals surface area contributed by atoms with E-state index in [0.29, 0.717) is 5.92 Å². The molecule has 1 radical (unpaired) electrons. The van der Waals surface area contributed by atoms with Gasteiger partial charge in [-0.25, -0.2) is 9.97 Å². The molecule has 59 valence electrons. The Hall–Kier alpha value is -0.920. The summed E-state index contributed by atoms with van der Waals surface area (Å²) in [5.74, 6) is 1.55. The van der Waals surface area contributed by atoms with Crippen molar-refractivity contribution >= 4 is 0 Å². The Morgan fingerprint density at radius 1 is 1.55 bits per heavy atom. The van der Waals surface area contributed by atoms with Gasteiger partial charge in [0.25, 0.3) is 0 Å². The van der Waals surface area contributed by atoms with Crippen LogP contribution in [0.1, 0.15) is 25.4 Å². The van der Waals surface area contributed by atoms with Crippen LogP contribution in [0.3, 0.4) is 0 Å². The van der Waals surface area contributed by atoms with Gasteiger partial charge in [0.05, 0.1) is 0 Å². The average Bonchev–Trinajstić information content (AvgIpc) is 1.85. The van der Waals surface area contributed by atoms with Crippen molar-refractivity contribution in [2.24, 2.45) is 5.92 Å². The maximum Gasteiger partial charge on any atom is 0.128 e. The van der Waals surface area contributed by atoms with E-state index in [1.807, 2.05) is 6.92 Å². The van der Waals surface area contributed by atoms with Gasteiger partial charge in [0.1, 0.15) is 5.82 Å². The first-order valence-corrected chi connectivity index (χ1v) is 3.88. The zero-order valence-corrected chi connectivity index (χ0v) is 7.26. The van der Waals surface area contributed by atoms with Crippen LogP contribution < -0.4 is 0 Å². The first-order valence-electron chi connectivity index (χ1n) is 3.88. The van der Waals surface area contributed by atoms with Gasteiger partial charge in [-0.05, 0) is 12.8 Å². The molecule has 0 aromatic carbocycles. The van der Waals surface area contributed by atoms with Gasteiger partial charge in [-0.3, -0.25) is 0 Å². The quantitative estimate of drug-likeness (QED) is 0.640. The molecule has 1 heterocycles. The summed E-state index contributed by atoms with van der Waals surface area (Å²) in [4.78, 5) is 8.36. The Labute approximate surface area is 67.7 Å². The number of nitrogens with zero attached hydrogens (tertiary/aromatic N) is 2. The molecule has 0 spiro atoms. The van der Waals surface area contributed by atoms with E-state index in [1.54, 1.807) is 6.20 Å². The standard InChI is InChI=1S/C9H13N2/c1-7(2)6-9-10-5-4-8(3)11-9/h5,7H,6H2,1-3H3. The van der Waals surface area contributed by atoms with Gasteiger partial charge in [-0.1, -0.05) is 13.8 Å². The van der Waals surface area contributed by atoms with Gasteiger partial charge < -0.3 is 0 Å². The lowest BCUT2D eigenvalue weighted by Gasteiger charge is -2.02. The Bertz CT molecular complexity index is 231. The third-order valence-corrected chi connectivity index (χ3v) is 1.37. The number of hydrogen-bond acceptors (Lipinski definition) is 2. The van der Waals surface area contributed by atoms with Gasteiger partial charge >= 0.3 is 0 Å². The number of rotatable bonds is 2. The van der Waals surface area contributed by atoms with Crippen LogP contribution >= 0.6 is 0 Å². The molecule has 0 aliphatic heterocycles. The molecule has 0 bridgehead atoms. The second kappa shape index (κ2) is 3.46. The topological polar surface area (TPSA) is 25.8 Å². The molecule has 0 aliphatic rings. The van der Waals surface area contributed by atoms with E-state index < -0.39 is 0 Å². The lowest BCUT2D eigenvalue weighted by molar-refractivity contribution is 0.618. The van der Waals surface area contributed by atoms with Crippen LogP contribution in [0.25, 0.3) is 0 Å². The Morgan fingerprint density at radius 2 is 2.27 bits per heavy atom. The molecule has 0 N–H and O–H groups in total. The number of aromatic nitrogens is 2. The van der Waals surface area contributed by atoms with Crippen molar-refractivity contribution in [2.75, 3.05) is 0 Å². The predicted octanol–water partition coefficient (Wildman–Crippen LogP) is 1.78. The highest BCUT2D eigenvalue weighted by molar-refractivity contribution is 4.97. The van der Waals surface area contributed by atoms with Crippen molar-refractivity contribution in [1.82, 2.24) is 9.97 Å². The minimum Gasteiger partial charge on any atom is -0.241 e. The van der Waals surface area contributed by atoms with Crippen molar-refractivity contribution in [3.63, 3.8) is 0 Å². The fourth-order valence-corrected chi connectivity index (χ4v) is 0.918. The molecular formula is C9H13N2. The van der Waals surface area contributed by atoms with E-state index in [1.165, 1.54) is 0 Å². The van der Waals surface area contributed by atoms with Crippen LogP contribution in [0, 0.1) is 18.9 Å². The van der Waals surface area contributed by atoms with Crippen molar-refractivity contribution in [1.29, 1.82) is 0 Å². The SMILES string of the molecule is Cc1[c]cnc(CC(C)C)n1. The molecule has 1 aromatic rings. The van der Waals surface area contributed by atoms with E-state index >= 15 is 0 Å². The zero-order chi connectivity index (χ0) is 8.27. The Kier molecular flexibility index (Phi) is 2.58. The molecular weight excluding hydrogens is 136 g/mol. The number of aryl methyl sites for hydroxylation is 1. The monoisotopic (exact) mass is 149 g/mol. The first kappa shape index (κ1) is 8.18. The minimum absolute atomic E-state index is 0.622. The molecule has 0 atom stereocenters. The first-order chi connectivity index (χ1) is 5.18. The highest BCUT2D eigenvalue weighted by atomic mass is 14.9. The van der Waals surface area contributed by atoms with Gasteiger partial charge in [0.2, 0.25) is 0 Å². The van der Waals surface area contributed by atoms with Gasteiger partial charge in [0, 0.05) is 24.4 Å². The van der Waals surface area contributed by atoms with Crippen LogP contribution in [0.5, 0.6) is 0 Å². The molecule has 0 saturated carbocycles. The normalized spacial score (nSPS) is 10.5. The molecule has 0 saturated heterocycles. The van der Waals surface area contributed by atoms with Crippen molar-refractivity contribution in [3.8, 4) is 0 Å². The maximum absolute atomic E-state index is 4.25. The van der Waals surface area contributed by atoms with Crippen molar-refractivity contribution in [2.45, 2.75) is 27.2 Å². The van der Waals surface area contributed by atoms with E-state index in [0.717, 1.165) is 17.9 Å². The summed E-state index contributed by atoms with van der Waals surface area (Å²) < 4.78 is 0. The van der Waals surface area contributed by atoms with Crippen molar-refractivity contribution < 1.29 is 0 Å². The third kappa shape index (κ3) is 2.66. The molecule has 11 heavy (non-hydrogen) atoms. The van der Waals surface area contributed by atoms with E-state index in [-0.39, 0.29) is 0 Å². The fourth-order valence-electron chi connectivity index (χ4n) is 0.918. The molecule has 0 fully saturated rings. The van der Waals surface area contributed by atoms with E-state index in [9.17, 15) is 0 Å². The van der Waals surface area contributed by atoms with E-state index in [2.05, 4.69) is 29.9 Å². The summed E-state index contributed by atoms with van der Waals surface area (Å²) in [6.45, 7) is 6.26. The smallest absolute Gasteiger partial charge is 0.128 e. The molecule has 2 nitrogen and oxygen atoms in total. The summed E-state index contributed by atoms with van der Waals surface area (Å²) in [5, 5.41) is 0. The van der Waals surface area contributed by atoms with Crippen LogP contribution in [0.15, 0.2) is 6.20 Å². The Balaban J connectivity index is 2.71. The van der Waals surface area contributed by atoms with Crippen LogP contribution in [-0.2, 0) is 6.42 Å². The summed E-state index contributed by atoms with van der Waals surface area (Å²) in [6.07, 6.45) is 2.65. The van der Waals surface area contributed by atoms with Crippen LogP contribution in [0.2, 0.25) is 0 Å². The fraction of sp³-hybridized carbons (Fsp3) is 0.556. The highest BCUT2D eigenvalue weighted by Crippen LogP contribution is 2.01. The maximum atomic E-state index is 4.25. The molecule has 0 aliphatic carbocycles. The molecule has 0 amide bonds. The van der Waals surface area contributed by atoms with Crippen LogP contribution in [-0.4, -0.2) is 9.97 Å². The predicted molar refractivity (Wildman–Crippen MR) is 44.1 cm³/mol.